The summed E-state index contributed by atoms with van der Waals surface area (Å²) in [4.78, 5) is 32.9. The molecule has 0 atom stereocenters. The second-order valence-corrected chi connectivity index (χ2v) is 8.01. The van der Waals surface area contributed by atoms with Gasteiger partial charge in [0.2, 0.25) is 5.89 Å². The number of nitrogens with zero attached hydrogens (tertiary/aromatic N) is 4. The molecule has 0 radical (unpaired) electrons. The smallest absolute Gasteiger partial charge is 0.254 e. The van der Waals surface area contributed by atoms with Gasteiger partial charge in [0, 0.05) is 37.3 Å². The molecular formula is C23H20N4O4. The molecule has 31 heavy (non-hydrogen) atoms. The van der Waals surface area contributed by atoms with Crippen LogP contribution in [-0.4, -0.2) is 63.5 Å². The zero-order valence-electron chi connectivity index (χ0n) is 16.7. The van der Waals surface area contributed by atoms with Crippen molar-refractivity contribution in [2.45, 2.75) is 18.4 Å². The minimum atomic E-state index is -1.16. The van der Waals surface area contributed by atoms with E-state index in [0.717, 1.165) is 5.56 Å². The molecule has 2 fully saturated rings. The number of aromatic nitrogens is 1. The largest absolute Gasteiger partial charge is 0.436 e. The first-order chi connectivity index (χ1) is 15.0. The molecule has 0 unspecified atom stereocenters. The van der Waals surface area contributed by atoms with E-state index < -0.39 is 5.60 Å². The zero-order valence-corrected chi connectivity index (χ0v) is 16.7. The van der Waals surface area contributed by atoms with Crippen LogP contribution in [0.3, 0.4) is 0 Å². The Labute approximate surface area is 178 Å². The molecule has 0 spiro atoms. The number of rotatable bonds is 3. The minimum absolute atomic E-state index is 0.0972. The van der Waals surface area contributed by atoms with E-state index in [-0.39, 0.29) is 11.8 Å². The second-order valence-electron chi connectivity index (χ2n) is 8.01. The Hall–Kier alpha value is -3.70. The maximum atomic E-state index is 12.8. The van der Waals surface area contributed by atoms with Crippen molar-refractivity contribution in [3.8, 4) is 17.5 Å². The first-order valence-corrected chi connectivity index (χ1v) is 10.2. The van der Waals surface area contributed by atoms with Crippen LogP contribution in [0.1, 0.15) is 28.8 Å². The number of amides is 2. The van der Waals surface area contributed by atoms with Crippen molar-refractivity contribution < 1.29 is 19.1 Å². The van der Waals surface area contributed by atoms with Crippen LogP contribution >= 0.6 is 0 Å². The van der Waals surface area contributed by atoms with Crippen LogP contribution in [0.4, 0.5) is 0 Å². The summed E-state index contributed by atoms with van der Waals surface area (Å²) < 4.78 is 5.76. The molecule has 2 aliphatic rings. The summed E-state index contributed by atoms with van der Waals surface area (Å²) in [6.45, 7) is 1.74. The molecule has 156 valence electrons. The van der Waals surface area contributed by atoms with Crippen molar-refractivity contribution in [3.63, 3.8) is 0 Å². The fourth-order valence-corrected chi connectivity index (χ4v) is 3.80. The van der Waals surface area contributed by atoms with Gasteiger partial charge in [0.15, 0.2) is 5.58 Å². The van der Waals surface area contributed by atoms with Crippen LogP contribution in [0.25, 0.3) is 22.6 Å². The Balaban J connectivity index is 1.26. The number of hydrogen-bond acceptors (Lipinski definition) is 6. The van der Waals surface area contributed by atoms with Gasteiger partial charge in [0.05, 0.1) is 11.6 Å². The Morgan fingerprint density at radius 3 is 2.35 bits per heavy atom. The maximum Gasteiger partial charge on any atom is 0.254 e. The molecule has 0 bridgehead atoms. The normalized spacial score (nSPS) is 17.4. The molecule has 1 N–H and O–H groups in total. The van der Waals surface area contributed by atoms with E-state index in [2.05, 4.69) is 11.1 Å². The van der Waals surface area contributed by atoms with Gasteiger partial charge >= 0.3 is 0 Å². The molecule has 1 saturated carbocycles. The molecule has 8 nitrogen and oxygen atoms in total. The van der Waals surface area contributed by atoms with Crippen LogP contribution in [0.2, 0.25) is 0 Å². The van der Waals surface area contributed by atoms with Crippen LogP contribution in [0.5, 0.6) is 0 Å². The average molecular weight is 416 g/mol. The van der Waals surface area contributed by atoms with Gasteiger partial charge in [0.25, 0.3) is 11.8 Å². The highest BCUT2D eigenvalue weighted by Crippen LogP contribution is 2.37. The topological polar surface area (TPSA) is 111 Å². The lowest BCUT2D eigenvalue weighted by atomic mass is 10.1. The van der Waals surface area contributed by atoms with E-state index in [1.165, 1.54) is 0 Å². The Bertz CT molecular complexity index is 1210. The molecule has 3 aromatic rings. The number of carbonyl (C=O) groups excluding carboxylic acids is 2. The number of hydrogen-bond donors (Lipinski definition) is 1. The van der Waals surface area contributed by atoms with Crippen LogP contribution < -0.4 is 0 Å². The summed E-state index contributed by atoms with van der Waals surface area (Å²) in [6, 6.07) is 14.2. The second kappa shape index (κ2) is 7.22. The fourth-order valence-electron chi connectivity index (χ4n) is 3.80. The van der Waals surface area contributed by atoms with Crippen molar-refractivity contribution >= 4 is 22.9 Å². The van der Waals surface area contributed by atoms with Crippen molar-refractivity contribution in [3.05, 3.63) is 53.6 Å². The highest BCUT2D eigenvalue weighted by Gasteiger charge is 2.50. The lowest BCUT2D eigenvalue weighted by Crippen LogP contribution is -2.53. The highest BCUT2D eigenvalue weighted by atomic mass is 16.3. The summed E-state index contributed by atoms with van der Waals surface area (Å²) in [7, 11) is 0. The predicted octanol–water partition coefficient (Wildman–Crippen LogP) is 2.18. The van der Waals surface area contributed by atoms with Gasteiger partial charge in [-0.2, -0.15) is 5.26 Å². The number of carbonyl (C=O) groups is 2. The van der Waals surface area contributed by atoms with Gasteiger partial charge in [-0.25, -0.2) is 4.98 Å². The standard InChI is InChI=1S/C23H20N4O4/c24-14-15-1-6-19-18(13-15)25-20(31-19)16-2-4-17(5-3-16)21(28)26-9-11-27(12-10-26)22(29)23(30)7-8-23/h1-6,13,30H,7-12H2. The van der Waals surface area contributed by atoms with Crippen molar-refractivity contribution in [2.24, 2.45) is 0 Å². The van der Waals surface area contributed by atoms with Gasteiger partial charge in [-0.3, -0.25) is 9.59 Å². The quantitative estimate of drug-likeness (QED) is 0.701. The van der Waals surface area contributed by atoms with Gasteiger partial charge in [-0.15, -0.1) is 0 Å². The molecule has 1 aliphatic carbocycles. The SMILES string of the molecule is N#Cc1ccc2oc(-c3ccc(C(=O)N4CCN(C(=O)C5(O)CC5)CC4)cc3)nc2c1. The number of oxazole rings is 1. The molecule has 1 aliphatic heterocycles. The zero-order chi connectivity index (χ0) is 21.6. The summed E-state index contributed by atoms with van der Waals surface area (Å²) in [5.41, 5.74) is 1.84. The van der Waals surface area contributed by atoms with E-state index >= 15 is 0 Å². The van der Waals surface area contributed by atoms with E-state index in [0.29, 0.717) is 67.1 Å². The highest BCUT2D eigenvalue weighted by molar-refractivity contribution is 5.95. The first-order valence-electron chi connectivity index (χ1n) is 10.2. The first kappa shape index (κ1) is 19.3. The Morgan fingerprint density at radius 1 is 1.03 bits per heavy atom. The van der Waals surface area contributed by atoms with E-state index in [1.54, 1.807) is 52.3 Å². The monoisotopic (exact) mass is 416 g/mol. The van der Waals surface area contributed by atoms with Crippen LogP contribution in [-0.2, 0) is 4.79 Å². The van der Waals surface area contributed by atoms with Gasteiger partial charge < -0.3 is 19.3 Å². The van der Waals surface area contributed by atoms with E-state index in [9.17, 15) is 14.7 Å². The number of piperazine rings is 1. The lowest BCUT2D eigenvalue weighted by Gasteiger charge is -2.35. The summed E-state index contributed by atoms with van der Waals surface area (Å²) in [6.07, 6.45) is 1.05. The molecule has 5 rings (SSSR count). The van der Waals surface area contributed by atoms with E-state index in [4.69, 9.17) is 9.68 Å². The molecule has 8 heteroatoms. The number of aliphatic hydroxyl groups is 1. The summed E-state index contributed by atoms with van der Waals surface area (Å²) in [5, 5.41) is 19.0. The van der Waals surface area contributed by atoms with Gasteiger partial charge in [-0.1, -0.05) is 0 Å². The third kappa shape index (κ3) is 3.53. The fraction of sp³-hybridized carbons (Fsp3) is 0.304. The molecule has 2 amide bonds. The number of fused-ring (bicyclic) bond motifs is 1. The average Bonchev–Trinajstić information content (AvgIpc) is 3.42. The van der Waals surface area contributed by atoms with Crippen molar-refractivity contribution in [1.29, 1.82) is 5.26 Å². The van der Waals surface area contributed by atoms with Crippen molar-refractivity contribution in [2.75, 3.05) is 26.2 Å². The maximum absolute atomic E-state index is 12.8. The summed E-state index contributed by atoms with van der Waals surface area (Å²) in [5.74, 6) is 0.110. The third-order valence-electron chi connectivity index (χ3n) is 5.87. The predicted molar refractivity (Wildman–Crippen MR) is 111 cm³/mol. The number of benzene rings is 2. The van der Waals surface area contributed by atoms with Gasteiger partial charge in [0.1, 0.15) is 11.1 Å². The molecular weight excluding hydrogens is 396 g/mol. The molecule has 2 aromatic carbocycles. The Kier molecular flexibility index (Phi) is 4.49. The van der Waals surface area contributed by atoms with E-state index in [1.807, 2.05) is 0 Å². The lowest BCUT2D eigenvalue weighted by molar-refractivity contribution is -0.143. The minimum Gasteiger partial charge on any atom is -0.436 e. The number of nitriles is 1. The van der Waals surface area contributed by atoms with Crippen LogP contribution in [0.15, 0.2) is 46.9 Å². The molecule has 1 aromatic heterocycles. The van der Waals surface area contributed by atoms with Crippen LogP contribution in [0, 0.1) is 11.3 Å². The molecule has 1 saturated heterocycles. The third-order valence-corrected chi connectivity index (χ3v) is 5.87. The Morgan fingerprint density at radius 2 is 1.71 bits per heavy atom. The van der Waals surface area contributed by atoms with Gasteiger partial charge in [-0.05, 0) is 55.3 Å². The summed E-state index contributed by atoms with van der Waals surface area (Å²) >= 11 is 0. The van der Waals surface area contributed by atoms with Crippen molar-refractivity contribution in [1.82, 2.24) is 14.8 Å². The molecule has 2 heterocycles.